The summed E-state index contributed by atoms with van der Waals surface area (Å²) in [6, 6.07) is 0. The molecule has 1 atom stereocenters. The molecule has 0 aromatic heterocycles. The monoisotopic (exact) mass is 207 g/mol. The minimum atomic E-state index is -1.80. The van der Waals surface area contributed by atoms with Gasteiger partial charge in [-0.1, -0.05) is 5.92 Å². The molecule has 5 heteroatoms. The molecule has 0 N–H and O–H groups in total. The fourth-order valence-corrected chi connectivity index (χ4v) is 2.39. The molecular formula is C6H9NOS3. The highest BCUT2D eigenvalue weighted by Crippen LogP contribution is 2.14. The van der Waals surface area contributed by atoms with Gasteiger partial charge in [0.05, 0.1) is 20.1 Å². The molecule has 0 saturated carbocycles. The van der Waals surface area contributed by atoms with Gasteiger partial charge in [0.1, 0.15) is 0 Å². The van der Waals surface area contributed by atoms with Gasteiger partial charge in [0, 0.05) is 13.6 Å². The number of rotatable bonds is 0. The fourth-order valence-electron chi connectivity index (χ4n) is 0.813. The third-order valence-electron chi connectivity index (χ3n) is 1.51. The molecule has 62 valence electrons. The van der Waals surface area contributed by atoms with Crippen LogP contribution in [0.4, 0.5) is 0 Å². The van der Waals surface area contributed by atoms with Gasteiger partial charge in [-0.25, -0.2) is 4.31 Å². The van der Waals surface area contributed by atoms with E-state index in [0.29, 0.717) is 6.61 Å². The molecule has 0 amide bonds. The van der Waals surface area contributed by atoms with Crippen LogP contribution in [0.5, 0.6) is 0 Å². The van der Waals surface area contributed by atoms with E-state index in [0.717, 1.165) is 6.54 Å². The molecule has 0 radical (unpaired) electrons. The molecule has 0 aromatic carbocycles. The molecule has 1 aliphatic heterocycles. The summed E-state index contributed by atoms with van der Waals surface area (Å²) >= 11 is 10.1. The van der Waals surface area contributed by atoms with E-state index in [2.05, 4.69) is 5.92 Å². The summed E-state index contributed by atoms with van der Waals surface area (Å²) in [4.78, 5) is 0. The number of nitrogens with zero attached hydrogens (tertiary/aromatic N) is 1. The molecule has 1 saturated heterocycles. The van der Waals surface area contributed by atoms with E-state index < -0.39 is 7.61 Å². The number of hydrogen-bond acceptors (Lipinski definition) is 3. The van der Waals surface area contributed by atoms with Crippen LogP contribution in [-0.4, -0.2) is 24.5 Å². The molecule has 2 nitrogen and oxygen atoms in total. The van der Waals surface area contributed by atoms with E-state index in [1.54, 1.807) is 0 Å². The van der Waals surface area contributed by atoms with Crippen LogP contribution in [-0.2, 0) is 34.2 Å². The predicted molar refractivity (Wildman–Crippen MR) is 53.0 cm³/mol. The average molecular weight is 207 g/mol. The van der Waals surface area contributed by atoms with Crippen molar-refractivity contribution in [3.63, 3.8) is 0 Å². The highest BCUT2D eigenvalue weighted by Gasteiger charge is 2.22. The van der Waals surface area contributed by atoms with Crippen molar-refractivity contribution >= 4 is 30.0 Å². The van der Waals surface area contributed by atoms with Crippen LogP contribution in [0.25, 0.3) is 0 Å². The first-order valence-electron chi connectivity index (χ1n) is 3.13. The van der Waals surface area contributed by atoms with E-state index in [9.17, 15) is 0 Å². The van der Waals surface area contributed by atoms with Crippen molar-refractivity contribution in [1.29, 1.82) is 0 Å². The zero-order valence-electron chi connectivity index (χ0n) is 6.15. The zero-order chi connectivity index (χ0) is 8.48. The normalized spacial score (nSPS) is 31.1. The van der Waals surface area contributed by atoms with Crippen molar-refractivity contribution < 1.29 is 4.18 Å². The van der Waals surface area contributed by atoms with Crippen molar-refractivity contribution in [2.75, 3.05) is 20.2 Å². The number of terminal acetylenes is 1. The maximum Gasteiger partial charge on any atom is 0.0822 e. The minimum Gasteiger partial charge on any atom is -0.297 e. The Morgan fingerprint density at radius 1 is 1.73 bits per heavy atom. The van der Waals surface area contributed by atoms with Crippen molar-refractivity contribution in [3.8, 4) is 12.3 Å². The highest BCUT2D eigenvalue weighted by molar-refractivity contribution is 8.52. The van der Waals surface area contributed by atoms with Crippen LogP contribution in [0.1, 0.15) is 0 Å². The van der Waals surface area contributed by atoms with Crippen molar-refractivity contribution in [3.05, 3.63) is 0 Å². The Bertz CT molecular complexity index is 277. The Labute approximate surface area is 77.1 Å². The van der Waals surface area contributed by atoms with Crippen LogP contribution < -0.4 is 0 Å². The third kappa shape index (κ3) is 2.10. The summed E-state index contributed by atoms with van der Waals surface area (Å²) in [5.74, 6) is 2.77. The first-order chi connectivity index (χ1) is 5.06. The van der Waals surface area contributed by atoms with Crippen LogP contribution in [0, 0.1) is 18.3 Å². The molecule has 1 aliphatic rings. The smallest absolute Gasteiger partial charge is 0.0822 e. The van der Waals surface area contributed by atoms with E-state index >= 15 is 0 Å². The standard InChI is InChI=1S/C6H9NOS3/c1-3-6-4-7(2)11(9,10)8-5-6/h1,6H,4-5H2,2H3. The summed E-state index contributed by atoms with van der Waals surface area (Å²) < 4.78 is 7.13. The highest BCUT2D eigenvalue weighted by atomic mass is 33.1. The van der Waals surface area contributed by atoms with Gasteiger partial charge < -0.3 is 0 Å². The second-order valence-corrected chi connectivity index (χ2v) is 7.44. The largest absolute Gasteiger partial charge is 0.297 e. The minimum absolute atomic E-state index is 0.145. The summed E-state index contributed by atoms with van der Waals surface area (Å²) in [7, 11) is 0.0599. The Kier molecular flexibility index (Phi) is 2.84. The lowest BCUT2D eigenvalue weighted by molar-refractivity contribution is 0.243. The SMILES string of the molecule is C#CC1COS(=S)(=S)N(C)C1. The quantitative estimate of drug-likeness (QED) is 0.522. The Morgan fingerprint density at radius 3 is 2.82 bits per heavy atom. The van der Waals surface area contributed by atoms with Crippen LogP contribution in [0.15, 0.2) is 0 Å². The predicted octanol–water partition coefficient (Wildman–Crippen LogP) is 0.106. The average Bonchev–Trinajstić information content (AvgIpc) is 1.95. The lowest BCUT2D eigenvalue weighted by atomic mass is 10.2. The molecule has 0 aromatic rings. The molecule has 1 heterocycles. The Morgan fingerprint density at radius 2 is 2.36 bits per heavy atom. The van der Waals surface area contributed by atoms with Crippen molar-refractivity contribution in [2.45, 2.75) is 0 Å². The third-order valence-corrected chi connectivity index (χ3v) is 4.96. The van der Waals surface area contributed by atoms with Gasteiger partial charge in [0.2, 0.25) is 0 Å². The summed E-state index contributed by atoms with van der Waals surface area (Å²) in [5.41, 5.74) is 0. The van der Waals surface area contributed by atoms with Crippen LogP contribution in [0.2, 0.25) is 0 Å². The van der Waals surface area contributed by atoms with Gasteiger partial charge in [0.25, 0.3) is 0 Å². The molecule has 0 spiro atoms. The van der Waals surface area contributed by atoms with Gasteiger partial charge in [0.15, 0.2) is 0 Å². The molecule has 1 fully saturated rings. The number of hydrogen-bond donors (Lipinski definition) is 0. The zero-order valence-corrected chi connectivity index (χ0v) is 8.60. The summed E-state index contributed by atoms with van der Waals surface area (Å²) in [6.07, 6.45) is 5.24. The fraction of sp³-hybridized carbons (Fsp3) is 0.667. The van der Waals surface area contributed by atoms with Gasteiger partial charge in [-0.15, -0.1) is 6.42 Å². The van der Waals surface area contributed by atoms with Gasteiger partial charge in [-0.3, -0.25) is 4.18 Å². The molecular weight excluding hydrogens is 198 g/mol. The summed E-state index contributed by atoms with van der Waals surface area (Å²) in [6.45, 7) is 1.28. The maximum atomic E-state index is 5.28. The van der Waals surface area contributed by atoms with E-state index in [1.165, 1.54) is 0 Å². The first kappa shape index (κ1) is 9.36. The van der Waals surface area contributed by atoms with Gasteiger partial charge in [-0.05, 0) is 22.4 Å². The molecule has 0 bridgehead atoms. The lowest BCUT2D eigenvalue weighted by Crippen LogP contribution is -2.39. The topological polar surface area (TPSA) is 12.5 Å². The summed E-state index contributed by atoms with van der Waals surface area (Å²) in [5, 5.41) is 0. The van der Waals surface area contributed by atoms with Gasteiger partial charge in [-0.2, -0.15) is 0 Å². The molecule has 0 aliphatic carbocycles. The van der Waals surface area contributed by atoms with Crippen LogP contribution >= 0.6 is 0 Å². The van der Waals surface area contributed by atoms with Crippen molar-refractivity contribution in [1.82, 2.24) is 4.31 Å². The molecule has 11 heavy (non-hydrogen) atoms. The second-order valence-electron chi connectivity index (χ2n) is 2.39. The second kappa shape index (κ2) is 3.33. The van der Waals surface area contributed by atoms with Crippen molar-refractivity contribution in [2.24, 2.45) is 5.92 Å². The first-order valence-corrected chi connectivity index (χ1v) is 6.49. The van der Waals surface area contributed by atoms with E-state index in [-0.39, 0.29) is 5.92 Å². The Balaban J connectivity index is 2.72. The van der Waals surface area contributed by atoms with Gasteiger partial charge >= 0.3 is 0 Å². The lowest BCUT2D eigenvalue weighted by Gasteiger charge is -2.30. The van der Waals surface area contributed by atoms with E-state index in [1.807, 2.05) is 11.4 Å². The molecule has 1 unspecified atom stereocenters. The van der Waals surface area contributed by atoms with Crippen LogP contribution in [0.3, 0.4) is 0 Å². The maximum absolute atomic E-state index is 5.28. The van der Waals surface area contributed by atoms with E-state index in [4.69, 9.17) is 33.0 Å². The Hall–Kier alpha value is 0.270. The molecule has 1 rings (SSSR count).